The van der Waals surface area contributed by atoms with E-state index in [0.717, 1.165) is 30.3 Å². The van der Waals surface area contributed by atoms with E-state index in [-0.39, 0.29) is 11.9 Å². The fourth-order valence-electron chi connectivity index (χ4n) is 4.71. The molecule has 1 saturated carbocycles. The summed E-state index contributed by atoms with van der Waals surface area (Å²) in [6.07, 6.45) is 1.83. The first-order valence-corrected chi connectivity index (χ1v) is 14.8. The lowest BCUT2D eigenvalue weighted by atomic mass is 9.98. The normalized spacial score (nSPS) is 26.2. The third-order valence-corrected chi connectivity index (χ3v) is 7.97. The summed E-state index contributed by atoms with van der Waals surface area (Å²) in [6.45, 7) is 3.91. The second-order valence-corrected chi connectivity index (χ2v) is 13.0. The van der Waals surface area contributed by atoms with Crippen LogP contribution < -0.4 is 0 Å². The number of esters is 1. The summed E-state index contributed by atoms with van der Waals surface area (Å²) in [4.78, 5) is 30.4. The van der Waals surface area contributed by atoms with Crippen LogP contribution in [0.25, 0.3) is 11.0 Å². The van der Waals surface area contributed by atoms with Gasteiger partial charge in [-0.25, -0.2) is 4.98 Å². The number of nitrogens with zero attached hydrogens (tertiary/aromatic N) is 3. The Morgan fingerprint density at radius 2 is 1.95 bits per heavy atom. The van der Waals surface area contributed by atoms with Gasteiger partial charge in [-0.1, -0.05) is 25.7 Å². The Morgan fingerprint density at radius 3 is 2.63 bits per heavy atom. The highest BCUT2D eigenvalue weighted by molar-refractivity contribution is 7.52. The number of hydrogen-bond acceptors (Lipinski definition) is 10. The Hall–Kier alpha value is -1.63. The van der Waals surface area contributed by atoms with E-state index >= 15 is 0 Å². The molecule has 212 valence electrons. The van der Waals surface area contributed by atoms with Crippen LogP contribution in [0.4, 0.5) is 0 Å². The van der Waals surface area contributed by atoms with E-state index in [1.807, 2.05) is 6.07 Å². The zero-order chi connectivity index (χ0) is 27.7. The van der Waals surface area contributed by atoms with Crippen LogP contribution >= 0.6 is 19.2 Å². The lowest BCUT2D eigenvalue weighted by molar-refractivity contribution is -0.160. The summed E-state index contributed by atoms with van der Waals surface area (Å²) < 4.78 is 34.5. The molecule has 2 aromatic heterocycles. The standard InChI is InChI=1S/C24H35ClN3O9P/c1-24(2,3)22(31)35-12-36-38(32,33)13-34-11-17-18(29)19(30)21(37-17)28-9-8-15-16(10-14-6-4-5-7-14)26-23(25)27-20(15)28/h8-9,14,17-19,21,29-30H,4-7,10-13H2,1-3H3,(H,32,33)/t17-,18-,19-,21-/m1/s1. The van der Waals surface area contributed by atoms with Crippen LogP contribution in [0, 0.1) is 11.3 Å². The Balaban J connectivity index is 1.36. The molecule has 2 fully saturated rings. The molecule has 0 amide bonds. The number of carbonyl (C=O) groups excluding carboxylic acids is 1. The van der Waals surface area contributed by atoms with Crippen molar-refractivity contribution < 1.29 is 43.2 Å². The van der Waals surface area contributed by atoms with Crippen molar-refractivity contribution in [2.75, 3.05) is 19.7 Å². The fourth-order valence-corrected chi connectivity index (χ4v) is 5.52. The van der Waals surface area contributed by atoms with Gasteiger partial charge in [-0.3, -0.25) is 13.9 Å². The number of aromatic nitrogens is 3. The monoisotopic (exact) mass is 575 g/mol. The average molecular weight is 576 g/mol. The van der Waals surface area contributed by atoms with Crippen molar-refractivity contribution >= 4 is 36.2 Å². The third-order valence-electron chi connectivity index (χ3n) is 6.79. The molecule has 1 saturated heterocycles. The number of halogens is 1. The van der Waals surface area contributed by atoms with Crippen molar-refractivity contribution in [3.63, 3.8) is 0 Å². The van der Waals surface area contributed by atoms with Gasteiger partial charge in [-0.2, -0.15) is 4.98 Å². The van der Waals surface area contributed by atoms with Crippen LogP contribution in [0.3, 0.4) is 0 Å². The minimum absolute atomic E-state index is 0.0882. The van der Waals surface area contributed by atoms with Crippen LogP contribution in [0.2, 0.25) is 5.28 Å². The predicted molar refractivity (Wildman–Crippen MR) is 136 cm³/mol. The average Bonchev–Trinajstić information content (AvgIpc) is 3.55. The Morgan fingerprint density at radius 1 is 1.24 bits per heavy atom. The number of fused-ring (bicyclic) bond motifs is 1. The Bertz CT molecular complexity index is 1180. The van der Waals surface area contributed by atoms with Gasteiger partial charge >= 0.3 is 13.6 Å². The van der Waals surface area contributed by atoms with E-state index in [0.29, 0.717) is 11.6 Å². The predicted octanol–water partition coefficient (Wildman–Crippen LogP) is 3.16. The van der Waals surface area contributed by atoms with Crippen LogP contribution in [-0.4, -0.2) is 73.7 Å². The zero-order valence-electron chi connectivity index (χ0n) is 21.7. The Labute approximate surface area is 225 Å². The van der Waals surface area contributed by atoms with E-state index < -0.39 is 56.7 Å². The van der Waals surface area contributed by atoms with Crippen molar-refractivity contribution in [2.24, 2.45) is 11.3 Å². The minimum atomic E-state index is -4.25. The molecule has 0 radical (unpaired) electrons. The quantitative estimate of drug-likeness (QED) is 0.165. The van der Waals surface area contributed by atoms with Crippen LogP contribution in [0.5, 0.6) is 0 Å². The summed E-state index contributed by atoms with van der Waals surface area (Å²) in [5.74, 6) is -0.0446. The zero-order valence-corrected chi connectivity index (χ0v) is 23.3. The van der Waals surface area contributed by atoms with Crippen LogP contribution in [0.1, 0.15) is 58.4 Å². The smallest absolute Gasteiger partial charge is 0.356 e. The van der Waals surface area contributed by atoms with Gasteiger partial charge in [0, 0.05) is 11.6 Å². The van der Waals surface area contributed by atoms with Gasteiger partial charge in [-0.05, 0) is 50.8 Å². The number of rotatable bonds is 10. The minimum Gasteiger partial charge on any atom is -0.438 e. The SMILES string of the molecule is CC(C)(C)C(=O)OCOP(=O)(O)COC[C@H]1O[C@@H](n2ccc3c(CC4CCCC4)nc(Cl)nc32)[C@H](O)[C@@H]1O. The molecule has 14 heteroatoms. The van der Waals surface area contributed by atoms with Gasteiger partial charge in [-0.15, -0.1) is 0 Å². The van der Waals surface area contributed by atoms with E-state index in [1.54, 1.807) is 31.5 Å². The number of ether oxygens (including phenoxy) is 3. The van der Waals surface area contributed by atoms with Gasteiger partial charge in [0.25, 0.3) is 0 Å². The maximum atomic E-state index is 12.2. The molecule has 0 bridgehead atoms. The molecule has 12 nitrogen and oxygen atoms in total. The summed E-state index contributed by atoms with van der Waals surface area (Å²) in [5.41, 5.74) is 0.534. The van der Waals surface area contributed by atoms with E-state index in [9.17, 15) is 24.5 Å². The highest BCUT2D eigenvalue weighted by atomic mass is 35.5. The van der Waals surface area contributed by atoms with Crippen molar-refractivity contribution in [1.82, 2.24) is 14.5 Å². The molecule has 3 N–H and O–H groups in total. The molecule has 2 aromatic rings. The number of carbonyl (C=O) groups is 1. The molecule has 0 aromatic carbocycles. The Kier molecular flexibility index (Phi) is 9.16. The summed E-state index contributed by atoms with van der Waals surface area (Å²) >= 11 is 6.23. The second kappa shape index (κ2) is 11.9. The van der Waals surface area contributed by atoms with Crippen molar-refractivity contribution in [3.05, 3.63) is 23.2 Å². The lowest BCUT2D eigenvalue weighted by Crippen LogP contribution is -2.34. The van der Waals surface area contributed by atoms with Gasteiger partial charge < -0.3 is 33.9 Å². The molecule has 0 spiro atoms. The molecule has 1 aliphatic heterocycles. The first-order valence-electron chi connectivity index (χ1n) is 12.6. The third kappa shape index (κ3) is 6.92. The largest absolute Gasteiger partial charge is 0.438 e. The number of hydrogen-bond donors (Lipinski definition) is 3. The lowest BCUT2D eigenvalue weighted by Gasteiger charge is -2.19. The highest BCUT2D eigenvalue weighted by Crippen LogP contribution is 2.42. The summed E-state index contributed by atoms with van der Waals surface area (Å²) in [7, 11) is -4.25. The van der Waals surface area contributed by atoms with E-state index in [2.05, 4.69) is 9.97 Å². The van der Waals surface area contributed by atoms with Crippen molar-refractivity contribution in [3.8, 4) is 0 Å². The molecule has 4 rings (SSSR count). The molecule has 2 aliphatic rings. The summed E-state index contributed by atoms with van der Waals surface area (Å²) in [6, 6.07) is 1.84. The van der Waals surface area contributed by atoms with Gasteiger partial charge in [0.2, 0.25) is 12.1 Å². The molecular weight excluding hydrogens is 541 g/mol. The fraction of sp³-hybridized carbons (Fsp3) is 0.708. The maximum Gasteiger partial charge on any atom is 0.356 e. The molecule has 1 unspecified atom stereocenters. The summed E-state index contributed by atoms with van der Waals surface area (Å²) in [5, 5.41) is 22.2. The van der Waals surface area contributed by atoms with Crippen LogP contribution in [0.15, 0.2) is 12.3 Å². The van der Waals surface area contributed by atoms with Gasteiger partial charge in [0.05, 0.1) is 17.7 Å². The molecular formula is C24H35ClN3O9P. The molecule has 3 heterocycles. The van der Waals surface area contributed by atoms with Crippen LogP contribution in [-0.2, 0) is 34.5 Å². The van der Waals surface area contributed by atoms with Gasteiger partial charge in [0.15, 0.2) is 6.23 Å². The number of aliphatic hydroxyl groups is 2. The molecule has 5 atom stereocenters. The van der Waals surface area contributed by atoms with E-state index in [1.165, 1.54) is 12.8 Å². The topological polar surface area (TPSA) is 162 Å². The van der Waals surface area contributed by atoms with Crippen molar-refractivity contribution in [2.45, 2.75) is 77.4 Å². The highest BCUT2D eigenvalue weighted by Gasteiger charge is 2.44. The molecule has 38 heavy (non-hydrogen) atoms. The van der Waals surface area contributed by atoms with Crippen molar-refractivity contribution in [1.29, 1.82) is 0 Å². The first kappa shape index (κ1) is 29.4. The molecule has 1 aliphatic carbocycles. The first-order chi connectivity index (χ1) is 17.9. The number of aliphatic hydroxyl groups excluding tert-OH is 2. The van der Waals surface area contributed by atoms with E-state index in [4.69, 9.17) is 30.3 Å². The maximum absolute atomic E-state index is 12.2. The second-order valence-electron chi connectivity index (χ2n) is 10.9. The van der Waals surface area contributed by atoms with Gasteiger partial charge in [0.1, 0.15) is 30.3 Å².